The lowest BCUT2D eigenvalue weighted by molar-refractivity contribution is 0.0941. The van der Waals surface area contributed by atoms with Crippen molar-refractivity contribution in [1.82, 2.24) is 10.3 Å². The van der Waals surface area contributed by atoms with Crippen molar-refractivity contribution in [3.05, 3.63) is 52.8 Å². The highest BCUT2D eigenvalue weighted by atomic mass is 35.5. The highest BCUT2D eigenvalue weighted by Crippen LogP contribution is 2.28. The lowest BCUT2D eigenvalue weighted by Crippen LogP contribution is -2.46. The van der Waals surface area contributed by atoms with Crippen molar-refractivity contribution in [2.75, 3.05) is 5.73 Å². The molecule has 1 amide bonds. The van der Waals surface area contributed by atoms with E-state index >= 15 is 0 Å². The molecule has 0 unspecified atom stereocenters. The van der Waals surface area contributed by atoms with Crippen molar-refractivity contribution in [3.63, 3.8) is 0 Å². The zero-order valence-corrected chi connectivity index (χ0v) is 16.6. The third kappa shape index (κ3) is 4.63. The maximum Gasteiger partial charge on any atom is 0.269 e. The number of sulfonamides is 1. The Labute approximate surface area is 168 Å². The predicted octanol–water partition coefficient (Wildman–Crippen LogP) is 3.63. The fourth-order valence-electron chi connectivity index (χ4n) is 3.24. The Bertz CT molecular complexity index is 975. The lowest BCUT2D eigenvalue weighted by Gasteiger charge is -2.22. The lowest BCUT2D eigenvalue weighted by atomic mass is 10.0. The molecule has 150 valence electrons. The summed E-state index contributed by atoms with van der Waals surface area (Å²) in [5.74, 6) is -1.84. The highest BCUT2D eigenvalue weighted by molar-refractivity contribution is 7.90. The normalized spacial score (nSPS) is 15.4. The van der Waals surface area contributed by atoms with Crippen LogP contribution in [0.25, 0.3) is 11.1 Å². The summed E-state index contributed by atoms with van der Waals surface area (Å²) in [6.45, 7) is 0. The van der Waals surface area contributed by atoms with Gasteiger partial charge in [-0.15, -0.1) is 4.83 Å². The molecule has 0 radical (unpaired) electrons. The largest absolute Gasteiger partial charge is 0.399 e. The van der Waals surface area contributed by atoms with Gasteiger partial charge < -0.3 is 5.73 Å². The Morgan fingerprint density at radius 2 is 1.71 bits per heavy atom. The van der Waals surface area contributed by atoms with Gasteiger partial charge in [0.25, 0.3) is 5.91 Å². The smallest absolute Gasteiger partial charge is 0.269 e. The first-order valence-corrected chi connectivity index (χ1v) is 10.9. The molecule has 1 aliphatic rings. The third-order valence-electron chi connectivity index (χ3n) is 4.81. The van der Waals surface area contributed by atoms with Crippen molar-refractivity contribution in [2.45, 2.75) is 37.4 Å². The first kappa shape index (κ1) is 20.6. The fourth-order valence-corrected chi connectivity index (χ4v) is 4.82. The minimum absolute atomic E-state index is 0.241. The van der Waals surface area contributed by atoms with E-state index < -0.39 is 27.0 Å². The minimum Gasteiger partial charge on any atom is -0.399 e. The van der Waals surface area contributed by atoms with Crippen LogP contribution in [-0.2, 0) is 10.0 Å². The van der Waals surface area contributed by atoms with E-state index in [4.69, 9.17) is 17.3 Å². The van der Waals surface area contributed by atoms with Gasteiger partial charge in [0.05, 0.1) is 15.8 Å². The summed E-state index contributed by atoms with van der Waals surface area (Å²) < 4.78 is 39.1. The van der Waals surface area contributed by atoms with E-state index in [0.29, 0.717) is 29.7 Å². The molecule has 0 heterocycles. The standard InChI is InChI=1S/C19H21ClFN3O3S/c20-17-11-13(12-6-8-14(22)9-7-12)10-16(18(17)21)19(25)23-24-28(26,27)15-4-2-1-3-5-15/h6-11,15,24H,1-5,22H2,(H,23,25). The summed E-state index contributed by atoms with van der Waals surface area (Å²) in [5.41, 5.74) is 9.16. The van der Waals surface area contributed by atoms with Crippen LogP contribution in [-0.4, -0.2) is 19.6 Å². The van der Waals surface area contributed by atoms with E-state index in [0.717, 1.165) is 19.3 Å². The van der Waals surface area contributed by atoms with Gasteiger partial charge in [-0.25, -0.2) is 12.8 Å². The molecule has 0 aliphatic heterocycles. The van der Waals surface area contributed by atoms with Gasteiger partial charge in [-0.3, -0.25) is 10.2 Å². The number of hydrogen-bond acceptors (Lipinski definition) is 4. The Balaban J connectivity index is 1.80. The summed E-state index contributed by atoms with van der Waals surface area (Å²) in [4.78, 5) is 14.5. The monoisotopic (exact) mass is 425 g/mol. The summed E-state index contributed by atoms with van der Waals surface area (Å²) >= 11 is 5.94. The van der Waals surface area contributed by atoms with Crippen LogP contribution in [0, 0.1) is 5.82 Å². The van der Waals surface area contributed by atoms with Crippen LogP contribution in [0.2, 0.25) is 5.02 Å². The van der Waals surface area contributed by atoms with Gasteiger partial charge in [0.1, 0.15) is 0 Å². The third-order valence-corrected chi connectivity index (χ3v) is 6.83. The molecule has 2 aromatic carbocycles. The Morgan fingerprint density at radius 1 is 1.07 bits per heavy atom. The Morgan fingerprint density at radius 3 is 2.36 bits per heavy atom. The summed E-state index contributed by atoms with van der Waals surface area (Å²) in [7, 11) is -3.73. The maximum absolute atomic E-state index is 14.4. The maximum atomic E-state index is 14.4. The van der Waals surface area contributed by atoms with E-state index in [9.17, 15) is 17.6 Å². The highest BCUT2D eigenvalue weighted by Gasteiger charge is 2.28. The molecule has 0 atom stereocenters. The molecule has 0 bridgehead atoms. The summed E-state index contributed by atoms with van der Waals surface area (Å²) in [6, 6.07) is 9.48. The van der Waals surface area contributed by atoms with Crippen LogP contribution in [0.4, 0.5) is 10.1 Å². The number of nitrogens with two attached hydrogens (primary N) is 1. The molecule has 9 heteroatoms. The van der Waals surface area contributed by atoms with Crippen LogP contribution in [0.15, 0.2) is 36.4 Å². The van der Waals surface area contributed by atoms with Gasteiger partial charge in [-0.05, 0) is 48.2 Å². The zero-order chi connectivity index (χ0) is 20.3. The molecular formula is C19H21ClFN3O3S. The number of amides is 1. The number of carbonyl (C=O) groups is 1. The van der Waals surface area contributed by atoms with Gasteiger partial charge in [-0.2, -0.15) is 0 Å². The van der Waals surface area contributed by atoms with Gasteiger partial charge >= 0.3 is 0 Å². The SMILES string of the molecule is Nc1ccc(-c2cc(Cl)c(F)c(C(=O)NNS(=O)(=O)C3CCCCC3)c2)cc1. The van der Waals surface area contributed by atoms with E-state index in [1.165, 1.54) is 12.1 Å². The molecule has 0 saturated heterocycles. The zero-order valence-electron chi connectivity index (χ0n) is 15.0. The minimum atomic E-state index is -3.73. The molecule has 1 aliphatic carbocycles. The number of anilines is 1. The van der Waals surface area contributed by atoms with Gasteiger partial charge in [0, 0.05) is 5.69 Å². The first-order valence-electron chi connectivity index (χ1n) is 8.94. The van der Waals surface area contributed by atoms with E-state index in [-0.39, 0.29) is 10.6 Å². The summed E-state index contributed by atoms with van der Waals surface area (Å²) in [5, 5.41) is -0.800. The van der Waals surface area contributed by atoms with E-state index in [1.54, 1.807) is 24.3 Å². The summed E-state index contributed by atoms with van der Waals surface area (Å²) in [6.07, 6.45) is 3.73. The van der Waals surface area contributed by atoms with Crippen molar-refractivity contribution < 1.29 is 17.6 Å². The van der Waals surface area contributed by atoms with Crippen molar-refractivity contribution in [2.24, 2.45) is 0 Å². The van der Waals surface area contributed by atoms with Crippen molar-refractivity contribution in [3.8, 4) is 11.1 Å². The number of hydrogen-bond donors (Lipinski definition) is 3. The molecule has 4 N–H and O–H groups in total. The Hall–Kier alpha value is -2.16. The fraction of sp³-hybridized carbons (Fsp3) is 0.316. The number of nitrogens with one attached hydrogen (secondary N) is 2. The van der Waals surface area contributed by atoms with Crippen LogP contribution in [0.5, 0.6) is 0 Å². The average molecular weight is 426 g/mol. The van der Waals surface area contributed by atoms with Gasteiger partial charge in [-0.1, -0.05) is 43.0 Å². The van der Waals surface area contributed by atoms with Crippen LogP contribution >= 0.6 is 11.6 Å². The van der Waals surface area contributed by atoms with E-state index in [2.05, 4.69) is 10.3 Å². The number of rotatable bonds is 5. The molecule has 0 spiro atoms. The molecule has 3 rings (SSSR count). The number of benzene rings is 2. The average Bonchev–Trinajstić information content (AvgIpc) is 2.69. The molecule has 0 aromatic heterocycles. The Kier molecular flexibility index (Phi) is 6.22. The number of nitrogen functional groups attached to an aromatic ring is 1. The van der Waals surface area contributed by atoms with Gasteiger partial charge in [0.2, 0.25) is 10.0 Å². The van der Waals surface area contributed by atoms with E-state index in [1.807, 2.05) is 0 Å². The second-order valence-electron chi connectivity index (χ2n) is 6.80. The molecule has 2 aromatic rings. The van der Waals surface area contributed by atoms with Crippen LogP contribution in [0.3, 0.4) is 0 Å². The molecule has 6 nitrogen and oxygen atoms in total. The van der Waals surface area contributed by atoms with Crippen molar-refractivity contribution in [1.29, 1.82) is 0 Å². The van der Waals surface area contributed by atoms with Crippen LogP contribution < -0.4 is 16.0 Å². The topological polar surface area (TPSA) is 101 Å². The van der Waals surface area contributed by atoms with Crippen molar-refractivity contribution >= 4 is 33.2 Å². The number of carbonyl (C=O) groups excluding carboxylic acids is 1. The first-order chi connectivity index (χ1) is 13.3. The van der Waals surface area contributed by atoms with Crippen LogP contribution in [0.1, 0.15) is 42.5 Å². The molecular weight excluding hydrogens is 405 g/mol. The molecule has 1 saturated carbocycles. The predicted molar refractivity (Wildman–Crippen MR) is 108 cm³/mol. The molecule has 1 fully saturated rings. The number of halogens is 2. The second-order valence-corrected chi connectivity index (χ2v) is 9.17. The quantitative estimate of drug-likeness (QED) is 0.503. The molecule has 28 heavy (non-hydrogen) atoms. The number of hydrazine groups is 1. The van der Waals surface area contributed by atoms with Gasteiger partial charge in [0.15, 0.2) is 5.82 Å². The second kappa shape index (κ2) is 8.46.